The Bertz CT molecular complexity index is 456. The molecule has 0 aromatic heterocycles. The van der Waals surface area contributed by atoms with Gasteiger partial charge in [-0.15, -0.1) is 0 Å². The highest BCUT2D eigenvalue weighted by atomic mass is 35.5. The lowest BCUT2D eigenvalue weighted by Crippen LogP contribution is -2.30. The number of benzene rings is 1. The van der Waals surface area contributed by atoms with E-state index in [-0.39, 0.29) is 12.0 Å². The molecule has 6 heteroatoms. The van der Waals surface area contributed by atoms with E-state index in [0.717, 1.165) is 18.7 Å². The van der Waals surface area contributed by atoms with E-state index in [1.807, 2.05) is 12.1 Å². The topological polar surface area (TPSA) is 62.8 Å². The molecule has 112 valence electrons. The molecule has 2 unspecified atom stereocenters. The van der Waals surface area contributed by atoms with Crippen LogP contribution in [0.2, 0.25) is 5.02 Å². The highest BCUT2D eigenvalue weighted by Gasteiger charge is 2.24. The van der Waals surface area contributed by atoms with Crippen LogP contribution in [0.25, 0.3) is 0 Å². The third kappa shape index (κ3) is 3.55. The third-order valence-electron chi connectivity index (χ3n) is 3.53. The Kier molecular flexibility index (Phi) is 5.48. The predicted molar refractivity (Wildman–Crippen MR) is 78.6 cm³/mol. The lowest BCUT2D eigenvalue weighted by Gasteiger charge is -2.15. The largest absolute Gasteiger partial charge is 0.493 e. The van der Waals surface area contributed by atoms with E-state index in [1.165, 1.54) is 0 Å². The van der Waals surface area contributed by atoms with E-state index < -0.39 is 0 Å². The van der Waals surface area contributed by atoms with E-state index >= 15 is 0 Å². The number of β-amino-alcohol motifs (C(OH)–C–C–N with tert-alkyl or cyclic N) is 1. The summed E-state index contributed by atoms with van der Waals surface area (Å²) in [7, 11) is 3.15. The van der Waals surface area contributed by atoms with Gasteiger partial charge in [-0.2, -0.15) is 0 Å². The number of nitrogens with one attached hydrogen (secondary N) is 2. The molecule has 3 N–H and O–H groups in total. The van der Waals surface area contributed by atoms with Crippen LogP contribution in [0.15, 0.2) is 12.1 Å². The molecular weight excluding hydrogens is 280 g/mol. The van der Waals surface area contributed by atoms with Crippen molar-refractivity contribution in [3.8, 4) is 11.5 Å². The van der Waals surface area contributed by atoms with E-state index in [1.54, 1.807) is 14.2 Å². The maximum Gasteiger partial charge on any atom is 0.179 e. The molecule has 2 atom stereocenters. The van der Waals surface area contributed by atoms with Crippen LogP contribution in [0, 0.1) is 5.92 Å². The standard InChI is InChI=1S/C14H21ClN2O3/c1-19-13-4-9(3-11(15)14(13)20-2)5-16-6-10-7-17-8-12(10)18/h3-4,10,12,16-18H,5-8H2,1-2H3. The van der Waals surface area contributed by atoms with Crippen LogP contribution in [0.4, 0.5) is 0 Å². The molecule has 1 fully saturated rings. The van der Waals surface area contributed by atoms with Crippen molar-refractivity contribution in [1.29, 1.82) is 0 Å². The van der Waals surface area contributed by atoms with Crippen molar-refractivity contribution >= 4 is 11.6 Å². The van der Waals surface area contributed by atoms with E-state index in [0.29, 0.717) is 29.6 Å². The van der Waals surface area contributed by atoms with Crippen LogP contribution in [-0.4, -0.2) is 45.1 Å². The number of rotatable bonds is 6. The molecule has 20 heavy (non-hydrogen) atoms. The summed E-state index contributed by atoms with van der Waals surface area (Å²) in [6.07, 6.45) is -0.267. The average Bonchev–Trinajstić information content (AvgIpc) is 2.84. The van der Waals surface area contributed by atoms with E-state index in [9.17, 15) is 5.11 Å². The summed E-state index contributed by atoms with van der Waals surface area (Å²) in [6, 6.07) is 3.76. The molecule has 1 aromatic carbocycles. The van der Waals surface area contributed by atoms with Crippen molar-refractivity contribution in [2.24, 2.45) is 5.92 Å². The second-order valence-electron chi connectivity index (χ2n) is 4.93. The van der Waals surface area contributed by atoms with Crippen LogP contribution < -0.4 is 20.1 Å². The van der Waals surface area contributed by atoms with Crippen molar-refractivity contribution in [1.82, 2.24) is 10.6 Å². The third-order valence-corrected chi connectivity index (χ3v) is 3.81. The molecule has 1 saturated heterocycles. The van der Waals surface area contributed by atoms with Gasteiger partial charge in [-0.05, 0) is 17.7 Å². The summed E-state index contributed by atoms with van der Waals surface area (Å²) in [5, 5.41) is 16.8. The molecule has 0 bridgehead atoms. The predicted octanol–water partition coefficient (Wildman–Crippen LogP) is 1.03. The minimum atomic E-state index is -0.267. The maximum atomic E-state index is 9.72. The van der Waals surface area contributed by atoms with Crippen molar-refractivity contribution in [3.63, 3.8) is 0 Å². The second kappa shape index (κ2) is 7.13. The van der Waals surface area contributed by atoms with Gasteiger partial charge < -0.3 is 25.2 Å². The number of aliphatic hydroxyl groups excluding tert-OH is 1. The average molecular weight is 301 g/mol. The zero-order valence-corrected chi connectivity index (χ0v) is 12.5. The SMILES string of the molecule is COc1cc(CNCC2CNCC2O)cc(Cl)c1OC. The summed E-state index contributed by atoms with van der Waals surface area (Å²) >= 11 is 6.16. The summed E-state index contributed by atoms with van der Waals surface area (Å²) in [6.45, 7) is 2.96. The number of hydrogen-bond acceptors (Lipinski definition) is 5. The fourth-order valence-electron chi connectivity index (χ4n) is 2.40. The molecule has 0 radical (unpaired) electrons. The molecule has 0 spiro atoms. The summed E-state index contributed by atoms with van der Waals surface area (Å²) < 4.78 is 10.5. The molecule has 1 heterocycles. The molecule has 0 saturated carbocycles. The van der Waals surface area contributed by atoms with E-state index in [4.69, 9.17) is 21.1 Å². The minimum absolute atomic E-state index is 0.255. The van der Waals surface area contributed by atoms with Gasteiger partial charge in [0.1, 0.15) is 0 Å². The Balaban J connectivity index is 1.94. The Morgan fingerprint density at radius 2 is 2.15 bits per heavy atom. The number of halogens is 1. The Hall–Kier alpha value is -1.01. The number of ether oxygens (including phenoxy) is 2. The monoisotopic (exact) mass is 300 g/mol. The normalized spacial score (nSPS) is 22.0. The molecule has 5 nitrogen and oxygen atoms in total. The fourth-order valence-corrected chi connectivity index (χ4v) is 2.71. The molecule has 2 rings (SSSR count). The number of hydrogen-bond donors (Lipinski definition) is 3. The molecule has 0 amide bonds. The van der Waals surface area contributed by atoms with Gasteiger partial charge in [0.25, 0.3) is 0 Å². The number of methoxy groups -OCH3 is 2. The van der Waals surface area contributed by atoms with Gasteiger partial charge in [-0.3, -0.25) is 0 Å². The highest BCUT2D eigenvalue weighted by molar-refractivity contribution is 6.32. The van der Waals surface area contributed by atoms with Crippen LogP contribution >= 0.6 is 11.6 Å². The molecule has 0 aliphatic carbocycles. The molecular formula is C14H21ClN2O3. The van der Waals surface area contributed by atoms with Crippen LogP contribution in [0.1, 0.15) is 5.56 Å². The molecule has 1 aliphatic heterocycles. The fraction of sp³-hybridized carbons (Fsp3) is 0.571. The van der Waals surface area contributed by atoms with Gasteiger partial charge in [0.05, 0.1) is 25.3 Å². The van der Waals surface area contributed by atoms with Crippen LogP contribution in [0.3, 0.4) is 0 Å². The van der Waals surface area contributed by atoms with Crippen molar-refractivity contribution in [3.05, 3.63) is 22.7 Å². The van der Waals surface area contributed by atoms with E-state index in [2.05, 4.69) is 10.6 Å². The lowest BCUT2D eigenvalue weighted by molar-refractivity contribution is 0.146. The van der Waals surface area contributed by atoms with Crippen molar-refractivity contribution in [2.75, 3.05) is 33.9 Å². The van der Waals surface area contributed by atoms with Gasteiger partial charge in [-0.25, -0.2) is 0 Å². The van der Waals surface area contributed by atoms with Gasteiger partial charge in [0, 0.05) is 32.1 Å². The summed E-state index contributed by atoms with van der Waals surface area (Å²) in [5.41, 5.74) is 1.02. The van der Waals surface area contributed by atoms with Crippen molar-refractivity contribution in [2.45, 2.75) is 12.6 Å². The minimum Gasteiger partial charge on any atom is -0.493 e. The first kappa shape index (κ1) is 15.4. The van der Waals surface area contributed by atoms with Crippen LogP contribution in [-0.2, 0) is 6.54 Å². The Labute approximate surface area is 124 Å². The Morgan fingerprint density at radius 1 is 1.35 bits per heavy atom. The number of aliphatic hydroxyl groups is 1. The van der Waals surface area contributed by atoms with Crippen molar-refractivity contribution < 1.29 is 14.6 Å². The van der Waals surface area contributed by atoms with Gasteiger partial charge in [0.2, 0.25) is 0 Å². The maximum absolute atomic E-state index is 9.72. The molecule has 1 aliphatic rings. The Morgan fingerprint density at radius 3 is 2.75 bits per heavy atom. The summed E-state index contributed by atoms with van der Waals surface area (Å²) in [5.74, 6) is 1.43. The first-order valence-electron chi connectivity index (χ1n) is 6.65. The summed E-state index contributed by atoms with van der Waals surface area (Å²) in [4.78, 5) is 0. The zero-order valence-electron chi connectivity index (χ0n) is 11.8. The highest BCUT2D eigenvalue weighted by Crippen LogP contribution is 2.35. The zero-order chi connectivity index (χ0) is 14.5. The second-order valence-corrected chi connectivity index (χ2v) is 5.34. The lowest BCUT2D eigenvalue weighted by atomic mass is 10.1. The quantitative estimate of drug-likeness (QED) is 0.732. The van der Waals surface area contributed by atoms with Gasteiger partial charge in [-0.1, -0.05) is 11.6 Å². The van der Waals surface area contributed by atoms with Gasteiger partial charge >= 0.3 is 0 Å². The first-order chi connectivity index (χ1) is 9.65. The first-order valence-corrected chi connectivity index (χ1v) is 7.03. The van der Waals surface area contributed by atoms with Crippen LogP contribution in [0.5, 0.6) is 11.5 Å². The smallest absolute Gasteiger partial charge is 0.179 e. The van der Waals surface area contributed by atoms with Gasteiger partial charge in [0.15, 0.2) is 11.5 Å². The molecule has 1 aromatic rings.